The summed E-state index contributed by atoms with van der Waals surface area (Å²) >= 11 is 1.53. The average molecular weight is 395 g/mol. The Morgan fingerprint density at radius 1 is 1.14 bits per heavy atom. The molecule has 0 saturated carbocycles. The number of hydrogen-bond donors (Lipinski definition) is 2. The first-order valence-corrected chi connectivity index (χ1v) is 9.83. The van der Waals surface area contributed by atoms with E-state index in [1.165, 1.54) is 16.3 Å². The van der Waals surface area contributed by atoms with E-state index in [2.05, 4.69) is 10.3 Å². The first-order valence-electron chi connectivity index (χ1n) is 8.84. The van der Waals surface area contributed by atoms with Crippen LogP contribution in [0.15, 0.2) is 76.6 Å². The van der Waals surface area contributed by atoms with Crippen LogP contribution in [0.5, 0.6) is 0 Å². The molecule has 7 heteroatoms. The molecule has 0 radical (unpaired) electrons. The maximum Gasteiger partial charge on any atom is 0.323 e. The molecule has 3 rings (SSSR count). The van der Waals surface area contributed by atoms with E-state index in [1.807, 2.05) is 67.6 Å². The molecule has 1 atom stereocenters. The van der Waals surface area contributed by atoms with Crippen molar-refractivity contribution < 1.29 is 9.90 Å². The molecule has 2 N–H and O–H groups in total. The molecule has 0 aliphatic carbocycles. The second-order valence-electron chi connectivity index (χ2n) is 6.26. The van der Waals surface area contributed by atoms with Crippen LogP contribution in [-0.4, -0.2) is 20.6 Å². The third-order valence-corrected chi connectivity index (χ3v) is 5.26. The van der Waals surface area contributed by atoms with Crippen LogP contribution in [0.2, 0.25) is 0 Å². The molecule has 0 saturated heterocycles. The maximum atomic E-state index is 12.9. The van der Waals surface area contributed by atoms with Crippen molar-refractivity contribution in [1.82, 2.24) is 9.55 Å². The summed E-state index contributed by atoms with van der Waals surface area (Å²) in [4.78, 5) is 29.5. The van der Waals surface area contributed by atoms with Gasteiger partial charge in [0.2, 0.25) is 0 Å². The molecule has 0 aliphatic heterocycles. The number of hydrogen-bond acceptors (Lipinski definition) is 5. The van der Waals surface area contributed by atoms with Gasteiger partial charge in [-0.25, -0.2) is 4.98 Å². The van der Waals surface area contributed by atoms with Crippen LogP contribution in [0, 0.1) is 0 Å². The predicted molar refractivity (Wildman–Crippen MR) is 111 cm³/mol. The Labute approximate surface area is 167 Å². The third kappa shape index (κ3) is 5.01. The molecule has 28 heavy (non-hydrogen) atoms. The van der Waals surface area contributed by atoms with E-state index in [9.17, 15) is 14.7 Å². The number of nitrogens with zero attached hydrogens (tertiary/aromatic N) is 2. The number of aliphatic carboxylic acids is 1. The summed E-state index contributed by atoms with van der Waals surface area (Å²) in [6, 6.07) is 19.3. The Hall–Kier alpha value is -3.06. The summed E-state index contributed by atoms with van der Waals surface area (Å²) in [6.45, 7) is 1.53. The molecule has 0 amide bonds. The monoisotopic (exact) mass is 395 g/mol. The first-order chi connectivity index (χ1) is 13.5. The van der Waals surface area contributed by atoms with Gasteiger partial charge >= 0.3 is 5.97 Å². The molecule has 0 fully saturated rings. The number of nitrogens with one attached hydrogen (secondary N) is 1. The second kappa shape index (κ2) is 9.23. The highest BCUT2D eigenvalue weighted by atomic mass is 32.2. The van der Waals surface area contributed by atoms with Gasteiger partial charge in [-0.1, -0.05) is 48.5 Å². The molecule has 0 spiro atoms. The molecule has 1 heterocycles. The molecule has 2 aromatic carbocycles. The Balaban J connectivity index is 1.84. The summed E-state index contributed by atoms with van der Waals surface area (Å²) in [5.41, 5.74) is 1.15. The SMILES string of the molecule is CC(Nc1ncc(CSc2ccccc2)n(CC(=O)O)c1=O)c1ccccc1. The van der Waals surface area contributed by atoms with Gasteiger partial charge in [0.05, 0.1) is 11.7 Å². The minimum Gasteiger partial charge on any atom is -0.480 e. The van der Waals surface area contributed by atoms with Gasteiger partial charge in [-0.2, -0.15) is 0 Å². The molecule has 3 aromatic rings. The summed E-state index contributed by atoms with van der Waals surface area (Å²) in [5, 5.41) is 12.3. The summed E-state index contributed by atoms with van der Waals surface area (Å²) in [6.07, 6.45) is 1.57. The Morgan fingerprint density at radius 3 is 2.43 bits per heavy atom. The molecule has 0 bridgehead atoms. The van der Waals surface area contributed by atoms with Crippen molar-refractivity contribution in [3.05, 3.63) is 88.5 Å². The molecule has 144 valence electrons. The number of benzene rings is 2. The highest BCUT2D eigenvalue weighted by Gasteiger charge is 2.15. The van der Waals surface area contributed by atoms with Gasteiger partial charge in [-0.15, -0.1) is 11.8 Å². The van der Waals surface area contributed by atoms with Crippen LogP contribution in [0.3, 0.4) is 0 Å². The van der Waals surface area contributed by atoms with Crippen molar-refractivity contribution in [2.24, 2.45) is 0 Å². The number of rotatable bonds is 8. The Kier molecular flexibility index (Phi) is 6.49. The van der Waals surface area contributed by atoms with Crippen molar-refractivity contribution in [1.29, 1.82) is 0 Å². The van der Waals surface area contributed by atoms with E-state index in [1.54, 1.807) is 6.20 Å². The van der Waals surface area contributed by atoms with E-state index in [4.69, 9.17) is 0 Å². The highest BCUT2D eigenvalue weighted by molar-refractivity contribution is 7.98. The number of thioether (sulfide) groups is 1. The molecule has 1 aromatic heterocycles. The van der Waals surface area contributed by atoms with Crippen molar-refractivity contribution in [2.75, 3.05) is 5.32 Å². The fraction of sp³-hybridized carbons (Fsp3) is 0.190. The summed E-state index contributed by atoms with van der Waals surface area (Å²) in [5.74, 6) is -0.471. The normalized spacial score (nSPS) is 11.8. The predicted octanol–water partition coefficient (Wildman–Crippen LogP) is 3.79. The molecule has 1 unspecified atom stereocenters. The van der Waals surface area contributed by atoms with Crippen molar-refractivity contribution in [3.8, 4) is 0 Å². The third-order valence-electron chi connectivity index (χ3n) is 4.21. The van der Waals surface area contributed by atoms with Gasteiger partial charge in [0.25, 0.3) is 5.56 Å². The fourth-order valence-corrected chi connectivity index (χ4v) is 3.64. The quantitative estimate of drug-likeness (QED) is 0.565. The van der Waals surface area contributed by atoms with Gasteiger partial charge in [0.1, 0.15) is 6.54 Å². The number of anilines is 1. The lowest BCUT2D eigenvalue weighted by Gasteiger charge is -2.17. The number of carboxylic acid groups (broad SMARTS) is 1. The minimum absolute atomic E-state index is 0.135. The van der Waals surface area contributed by atoms with E-state index < -0.39 is 18.1 Å². The van der Waals surface area contributed by atoms with Crippen LogP contribution < -0.4 is 10.9 Å². The lowest BCUT2D eigenvalue weighted by atomic mass is 10.1. The van der Waals surface area contributed by atoms with Gasteiger partial charge in [-0.3, -0.25) is 14.2 Å². The van der Waals surface area contributed by atoms with Gasteiger partial charge in [0, 0.05) is 16.8 Å². The lowest BCUT2D eigenvalue weighted by Crippen LogP contribution is -2.30. The van der Waals surface area contributed by atoms with E-state index in [0.29, 0.717) is 11.4 Å². The van der Waals surface area contributed by atoms with Crippen molar-refractivity contribution in [3.63, 3.8) is 0 Å². The summed E-state index contributed by atoms with van der Waals surface area (Å²) in [7, 11) is 0. The average Bonchev–Trinajstić information content (AvgIpc) is 2.71. The van der Waals surface area contributed by atoms with Crippen LogP contribution in [0.1, 0.15) is 24.2 Å². The molecule has 0 aliphatic rings. The number of carbonyl (C=O) groups is 1. The van der Waals surface area contributed by atoms with Crippen LogP contribution in [0.25, 0.3) is 0 Å². The summed E-state index contributed by atoms with van der Waals surface area (Å²) < 4.78 is 1.27. The van der Waals surface area contributed by atoms with E-state index in [-0.39, 0.29) is 11.9 Å². The van der Waals surface area contributed by atoms with Gasteiger partial charge in [-0.05, 0) is 24.6 Å². The van der Waals surface area contributed by atoms with Crippen LogP contribution in [0.4, 0.5) is 5.82 Å². The van der Waals surface area contributed by atoms with E-state index >= 15 is 0 Å². The molecule has 6 nitrogen and oxygen atoms in total. The zero-order valence-electron chi connectivity index (χ0n) is 15.4. The van der Waals surface area contributed by atoms with Crippen LogP contribution >= 0.6 is 11.8 Å². The maximum absolute atomic E-state index is 12.9. The number of aromatic nitrogens is 2. The zero-order chi connectivity index (χ0) is 19.9. The first kappa shape index (κ1) is 19.7. The standard InChI is InChI=1S/C21H21N3O3S/c1-15(16-8-4-2-5-9-16)23-20-21(27)24(13-19(25)26)17(12-22-20)14-28-18-10-6-3-7-11-18/h2-12,15H,13-14H2,1H3,(H,22,23)(H,25,26). The van der Waals surface area contributed by atoms with Gasteiger partial charge in [0.15, 0.2) is 5.82 Å². The number of carboxylic acids is 1. The van der Waals surface area contributed by atoms with E-state index in [0.717, 1.165) is 10.5 Å². The second-order valence-corrected chi connectivity index (χ2v) is 7.31. The highest BCUT2D eigenvalue weighted by Crippen LogP contribution is 2.22. The molecular weight excluding hydrogens is 374 g/mol. The lowest BCUT2D eigenvalue weighted by molar-refractivity contribution is -0.137. The minimum atomic E-state index is -1.07. The smallest absolute Gasteiger partial charge is 0.323 e. The topological polar surface area (TPSA) is 84.2 Å². The Bertz CT molecular complexity index is 991. The zero-order valence-corrected chi connectivity index (χ0v) is 16.2. The fourth-order valence-electron chi connectivity index (χ4n) is 2.75. The van der Waals surface area contributed by atoms with Crippen LogP contribution in [-0.2, 0) is 17.1 Å². The van der Waals surface area contributed by atoms with Crippen molar-refractivity contribution in [2.45, 2.75) is 30.2 Å². The van der Waals surface area contributed by atoms with Gasteiger partial charge < -0.3 is 10.4 Å². The Morgan fingerprint density at radius 2 is 1.79 bits per heavy atom. The largest absolute Gasteiger partial charge is 0.480 e. The molecular formula is C21H21N3O3S. The van der Waals surface area contributed by atoms with Crippen molar-refractivity contribution >= 4 is 23.5 Å².